The van der Waals surface area contributed by atoms with Crippen LogP contribution in [0.2, 0.25) is 0 Å². The second-order valence-corrected chi connectivity index (χ2v) is 6.46. The molecule has 1 aliphatic rings. The van der Waals surface area contributed by atoms with E-state index in [0.717, 1.165) is 29.2 Å². The van der Waals surface area contributed by atoms with Crippen molar-refractivity contribution in [1.82, 2.24) is 16.0 Å². The third-order valence-electron chi connectivity index (χ3n) is 4.22. The van der Waals surface area contributed by atoms with Crippen LogP contribution in [0.1, 0.15) is 18.1 Å². The van der Waals surface area contributed by atoms with Crippen LogP contribution in [0.15, 0.2) is 47.5 Å². The van der Waals surface area contributed by atoms with Gasteiger partial charge >= 0.3 is 0 Å². The van der Waals surface area contributed by atoms with Crippen LogP contribution < -0.4 is 25.4 Å². The summed E-state index contributed by atoms with van der Waals surface area (Å²) in [5.74, 6) is 1.73. The van der Waals surface area contributed by atoms with Crippen LogP contribution in [-0.2, 0) is 17.8 Å². The van der Waals surface area contributed by atoms with Gasteiger partial charge in [0.2, 0.25) is 12.7 Å². The minimum atomic E-state index is -0.311. The maximum atomic E-state index is 12.9. The van der Waals surface area contributed by atoms with Crippen LogP contribution in [0.3, 0.4) is 0 Å². The second-order valence-electron chi connectivity index (χ2n) is 6.46. The third-order valence-corrected chi connectivity index (χ3v) is 4.22. The highest BCUT2D eigenvalue weighted by atomic mass is 19.1. The van der Waals surface area contributed by atoms with Gasteiger partial charge in [-0.25, -0.2) is 9.38 Å². The number of fused-ring (bicyclic) bond motifs is 1. The van der Waals surface area contributed by atoms with E-state index >= 15 is 0 Å². The van der Waals surface area contributed by atoms with Crippen molar-refractivity contribution < 1.29 is 18.7 Å². The van der Waals surface area contributed by atoms with E-state index in [4.69, 9.17) is 9.47 Å². The van der Waals surface area contributed by atoms with Crippen molar-refractivity contribution in [3.8, 4) is 11.5 Å². The Labute approximate surface area is 169 Å². The Morgan fingerprint density at radius 1 is 1.00 bits per heavy atom. The van der Waals surface area contributed by atoms with Gasteiger partial charge in [0.05, 0.1) is 13.0 Å². The molecule has 1 heterocycles. The summed E-state index contributed by atoms with van der Waals surface area (Å²) in [5, 5.41) is 9.20. The Balaban J connectivity index is 1.42. The quantitative estimate of drug-likeness (QED) is 0.359. The third kappa shape index (κ3) is 6.38. The first-order valence-electron chi connectivity index (χ1n) is 9.56. The summed E-state index contributed by atoms with van der Waals surface area (Å²) in [6.45, 7) is 4.44. The van der Waals surface area contributed by atoms with E-state index in [1.807, 2.05) is 25.1 Å². The molecule has 0 aromatic heterocycles. The number of rotatable bonds is 8. The average molecular weight is 400 g/mol. The van der Waals surface area contributed by atoms with E-state index in [2.05, 4.69) is 20.9 Å². The molecule has 0 fully saturated rings. The Hall–Kier alpha value is -3.29. The standard InChI is InChI=1S/C21H25FN4O3/c1-2-23-21(26-13-16-5-8-18-19(11-16)29-14-28-18)25-10-9-24-20(27)12-15-3-6-17(22)7-4-15/h3-8,11H,2,9-10,12-14H2,1H3,(H,24,27)(H2,23,25,26). The minimum absolute atomic E-state index is 0.110. The largest absolute Gasteiger partial charge is 0.454 e. The summed E-state index contributed by atoms with van der Waals surface area (Å²) in [7, 11) is 0. The molecular formula is C21H25FN4O3. The van der Waals surface area contributed by atoms with E-state index in [1.165, 1.54) is 12.1 Å². The van der Waals surface area contributed by atoms with Crippen molar-refractivity contribution in [1.29, 1.82) is 0 Å². The van der Waals surface area contributed by atoms with Gasteiger partial charge in [-0.2, -0.15) is 0 Å². The lowest BCUT2D eigenvalue weighted by Gasteiger charge is -2.12. The molecule has 3 N–H and O–H groups in total. The molecule has 7 nitrogen and oxygen atoms in total. The summed E-state index contributed by atoms with van der Waals surface area (Å²) in [6, 6.07) is 11.7. The molecule has 0 aliphatic carbocycles. The van der Waals surface area contributed by atoms with Crippen molar-refractivity contribution in [3.05, 3.63) is 59.4 Å². The highest BCUT2D eigenvalue weighted by molar-refractivity contribution is 5.80. The number of nitrogens with zero attached hydrogens (tertiary/aromatic N) is 1. The van der Waals surface area contributed by atoms with Crippen molar-refractivity contribution in [3.63, 3.8) is 0 Å². The number of aliphatic imine (C=N–C) groups is 1. The molecule has 29 heavy (non-hydrogen) atoms. The summed E-state index contributed by atoms with van der Waals surface area (Å²) < 4.78 is 23.6. The lowest BCUT2D eigenvalue weighted by Crippen LogP contribution is -2.41. The molecule has 3 rings (SSSR count). The van der Waals surface area contributed by atoms with Crippen LogP contribution in [-0.4, -0.2) is 38.3 Å². The summed E-state index contributed by atoms with van der Waals surface area (Å²) >= 11 is 0. The van der Waals surface area contributed by atoms with Crippen LogP contribution in [0.25, 0.3) is 0 Å². The number of halogens is 1. The zero-order valence-corrected chi connectivity index (χ0v) is 16.3. The average Bonchev–Trinajstić information content (AvgIpc) is 3.19. The number of hydrogen-bond donors (Lipinski definition) is 3. The predicted molar refractivity (Wildman–Crippen MR) is 108 cm³/mol. The van der Waals surface area contributed by atoms with Gasteiger partial charge < -0.3 is 25.4 Å². The topological polar surface area (TPSA) is 84.0 Å². The molecule has 2 aromatic rings. The van der Waals surface area contributed by atoms with E-state index < -0.39 is 0 Å². The van der Waals surface area contributed by atoms with Gasteiger partial charge in [-0.3, -0.25) is 4.79 Å². The maximum absolute atomic E-state index is 12.9. The second kappa shape index (κ2) is 10.3. The number of amides is 1. The number of benzene rings is 2. The van der Waals surface area contributed by atoms with Crippen molar-refractivity contribution in [2.24, 2.45) is 4.99 Å². The highest BCUT2D eigenvalue weighted by Gasteiger charge is 2.13. The molecule has 0 spiro atoms. The maximum Gasteiger partial charge on any atom is 0.231 e. The number of carbonyl (C=O) groups excluding carboxylic acids is 1. The molecule has 8 heteroatoms. The lowest BCUT2D eigenvalue weighted by atomic mass is 10.1. The summed E-state index contributed by atoms with van der Waals surface area (Å²) in [4.78, 5) is 16.5. The predicted octanol–water partition coefficient (Wildman–Crippen LogP) is 1.97. The van der Waals surface area contributed by atoms with E-state index in [0.29, 0.717) is 25.6 Å². The highest BCUT2D eigenvalue weighted by Crippen LogP contribution is 2.32. The van der Waals surface area contributed by atoms with Gasteiger partial charge in [0, 0.05) is 19.6 Å². The van der Waals surface area contributed by atoms with Crippen LogP contribution in [0.5, 0.6) is 11.5 Å². The Kier molecular flexibility index (Phi) is 7.27. The summed E-state index contributed by atoms with van der Waals surface area (Å²) in [5.41, 5.74) is 1.79. The molecule has 0 unspecified atom stereocenters. The smallest absolute Gasteiger partial charge is 0.231 e. The fourth-order valence-electron chi connectivity index (χ4n) is 2.78. The van der Waals surface area contributed by atoms with Crippen molar-refractivity contribution in [2.75, 3.05) is 26.4 Å². The zero-order valence-electron chi connectivity index (χ0n) is 16.3. The number of guanidine groups is 1. The van der Waals surface area contributed by atoms with E-state index in [-0.39, 0.29) is 24.9 Å². The molecular weight excluding hydrogens is 375 g/mol. The zero-order chi connectivity index (χ0) is 20.5. The van der Waals surface area contributed by atoms with Crippen LogP contribution >= 0.6 is 0 Å². The molecule has 0 radical (unpaired) electrons. The van der Waals surface area contributed by atoms with E-state index in [9.17, 15) is 9.18 Å². The first-order chi connectivity index (χ1) is 14.1. The monoisotopic (exact) mass is 400 g/mol. The van der Waals surface area contributed by atoms with Crippen molar-refractivity contribution in [2.45, 2.75) is 19.9 Å². The minimum Gasteiger partial charge on any atom is -0.454 e. The number of ether oxygens (including phenoxy) is 2. The van der Waals surface area contributed by atoms with Gasteiger partial charge in [-0.05, 0) is 42.3 Å². The number of hydrogen-bond acceptors (Lipinski definition) is 4. The Morgan fingerprint density at radius 3 is 2.52 bits per heavy atom. The summed E-state index contributed by atoms with van der Waals surface area (Å²) in [6.07, 6.45) is 0.221. The Morgan fingerprint density at radius 2 is 1.72 bits per heavy atom. The molecule has 0 saturated heterocycles. The van der Waals surface area contributed by atoms with Gasteiger partial charge in [-0.15, -0.1) is 0 Å². The molecule has 1 amide bonds. The van der Waals surface area contributed by atoms with Gasteiger partial charge in [0.15, 0.2) is 17.5 Å². The first kappa shape index (κ1) is 20.4. The number of carbonyl (C=O) groups is 1. The normalized spacial score (nSPS) is 12.6. The number of nitrogens with one attached hydrogen (secondary N) is 3. The molecule has 2 aromatic carbocycles. The fraction of sp³-hybridized carbons (Fsp3) is 0.333. The lowest BCUT2D eigenvalue weighted by molar-refractivity contribution is -0.120. The van der Waals surface area contributed by atoms with E-state index in [1.54, 1.807) is 12.1 Å². The first-order valence-corrected chi connectivity index (χ1v) is 9.56. The van der Waals surface area contributed by atoms with Gasteiger partial charge in [0.25, 0.3) is 0 Å². The van der Waals surface area contributed by atoms with Gasteiger partial charge in [0.1, 0.15) is 5.82 Å². The Bertz CT molecular complexity index is 856. The molecule has 0 saturated carbocycles. The van der Waals surface area contributed by atoms with Gasteiger partial charge in [-0.1, -0.05) is 18.2 Å². The molecule has 0 atom stereocenters. The van der Waals surface area contributed by atoms with Crippen LogP contribution in [0.4, 0.5) is 4.39 Å². The molecule has 0 bridgehead atoms. The van der Waals surface area contributed by atoms with Crippen LogP contribution in [0, 0.1) is 5.82 Å². The SMILES string of the molecule is CCNC(=NCc1ccc2c(c1)OCO2)NCCNC(=O)Cc1ccc(F)cc1. The molecule has 154 valence electrons. The van der Waals surface area contributed by atoms with Crippen molar-refractivity contribution >= 4 is 11.9 Å². The molecule has 1 aliphatic heterocycles. The fourth-order valence-corrected chi connectivity index (χ4v) is 2.78.